The molecule has 1 aromatic heterocycles. The van der Waals surface area contributed by atoms with Crippen molar-refractivity contribution in [3.8, 4) is 5.75 Å². The standard InChI is InChI=1S/C14H16ClN3O3/c1-3-18-11(13(15)8(2)17-18)7-21-12-5-4-9(14(19)20)6-10(12)16/h4-6H,3,7,16H2,1-2H3,(H,19,20). The summed E-state index contributed by atoms with van der Waals surface area (Å²) in [5, 5.41) is 13.8. The molecule has 0 unspecified atom stereocenters. The molecule has 0 aliphatic carbocycles. The summed E-state index contributed by atoms with van der Waals surface area (Å²) in [4.78, 5) is 10.8. The molecular weight excluding hydrogens is 294 g/mol. The number of benzene rings is 1. The van der Waals surface area contributed by atoms with Gasteiger partial charge in [-0.1, -0.05) is 11.6 Å². The molecule has 112 valence electrons. The van der Waals surface area contributed by atoms with Crippen LogP contribution in [-0.4, -0.2) is 20.9 Å². The molecule has 21 heavy (non-hydrogen) atoms. The Morgan fingerprint density at radius 1 is 1.52 bits per heavy atom. The number of carboxylic acid groups (broad SMARTS) is 1. The van der Waals surface area contributed by atoms with Crippen LogP contribution < -0.4 is 10.5 Å². The van der Waals surface area contributed by atoms with Crippen molar-refractivity contribution in [3.05, 3.63) is 40.2 Å². The molecule has 0 radical (unpaired) electrons. The maximum atomic E-state index is 10.8. The van der Waals surface area contributed by atoms with Gasteiger partial charge in [0.15, 0.2) is 0 Å². The zero-order valence-corrected chi connectivity index (χ0v) is 12.5. The zero-order chi connectivity index (χ0) is 15.6. The normalized spacial score (nSPS) is 10.6. The van der Waals surface area contributed by atoms with Gasteiger partial charge in [0, 0.05) is 6.54 Å². The fourth-order valence-corrected chi connectivity index (χ4v) is 2.16. The number of anilines is 1. The second-order valence-corrected chi connectivity index (χ2v) is 4.89. The molecule has 2 aromatic rings. The molecule has 2 rings (SSSR count). The molecule has 0 fully saturated rings. The number of nitrogen functional groups attached to an aromatic ring is 1. The molecule has 0 atom stereocenters. The van der Waals surface area contributed by atoms with Crippen LogP contribution in [0.1, 0.15) is 28.7 Å². The number of hydrogen-bond donors (Lipinski definition) is 2. The van der Waals surface area contributed by atoms with Crippen molar-refractivity contribution in [2.45, 2.75) is 27.0 Å². The number of aromatic carboxylic acids is 1. The Labute approximate surface area is 127 Å². The van der Waals surface area contributed by atoms with Crippen molar-refractivity contribution in [2.24, 2.45) is 0 Å². The quantitative estimate of drug-likeness (QED) is 0.829. The van der Waals surface area contributed by atoms with E-state index in [1.165, 1.54) is 18.2 Å². The minimum atomic E-state index is -1.03. The van der Waals surface area contributed by atoms with E-state index in [9.17, 15) is 4.79 Å². The van der Waals surface area contributed by atoms with E-state index in [1.807, 2.05) is 13.8 Å². The number of halogens is 1. The number of rotatable bonds is 5. The molecule has 1 aromatic carbocycles. The molecule has 0 bridgehead atoms. The Hall–Kier alpha value is -2.21. The largest absolute Gasteiger partial charge is 0.485 e. The first-order chi connectivity index (χ1) is 9.93. The lowest BCUT2D eigenvalue weighted by molar-refractivity contribution is 0.0697. The van der Waals surface area contributed by atoms with Crippen molar-refractivity contribution in [3.63, 3.8) is 0 Å². The third-order valence-electron chi connectivity index (χ3n) is 3.07. The first-order valence-corrected chi connectivity index (χ1v) is 6.79. The average molecular weight is 310 g/mol. The number of carbonyl (C=O) groups is 1. The molecule has 0 saturated carbocycles. The number of aryl methyl sites for hydroxylation is 2. The molecular formula is C14H16ClN3O3. The molecule has 0 saturated heterocycles. The summed E-state index contributed by atoms with van der Waals surface area (Å²) in [7, 11) is 0. The van der Waals surface area contributed by atoms with Gasteiger partial charge in [-0.3, -0.25) is 4.68 Å². The molecule has 6 nitrogen and oxygen atoms in total. The van der Waals surface area contributed by atoms with Crippen LogP contribution in [0, 0.1) is 6.92 Å². The molecule has 1 heterocycles. The molecule has 0 spiro atoms. The van der Waals surface area contributed by atoms with Gasteiger partial charge in [-0.25, -0.2) is 4.79 Å². The predicted octanol–water partition coefficient (Wildman–Crippen LogP) is 2.72. The van der Waals surface area contributed by atoms with Crippen molar-refractivity contribution < 1.29 is 14.6 Å². The predicted molar refractivity (Wildman–Crippen MR) is 79.8 cm³/mol. The molecule has 3 N–H and O–H groups in total. The van der Waals surface area contributed by atoms with Gasteiger partial charge in [-0.2, -0.15) is 5.10 Å². The highest BCUT2D eigenvalue weighted by atomic mass is 35.5. The summed E-state index contributed by atoms with van der Waals surface area (Å²) in [6.45, 7) is 4.68. The smallest absolute Gasteiger partial charge is 0.335 e. The SMILES string of the molecule is CCn1nc(C)c(Cl)c1COc1ccc(C(=O)O)cc1N. The van der Waals surface area contributed by atoms with Crippen LogP contribution in [0.15, 0.2) is 18.2 Å². The average Bonchev–Trinajstić information content (AvgIpc) is 2.72. The zero-order valence-electron chi connectivity index (χ0n) is 11.8. The minimum absolute atomic E-state index is 0.118. The van der Waals surface area contributed by atoms with Crippen LogP contribution in [0.25, 0.3) is 0 Å². The summed E-state index contributed by atoms with van der Waals surface area (Å²) < 4.78 is 7.39. The van der Waals surface area contributed by atoms with Gasteiger partial charge < -0.3 is 15.6 Å². The number of nitrogens with zero attached hydrogens (tertiary/aromatic N) is 2. The number of carboxylic acids is 1. The lowest BCUT2D eigenvalue weighted by Crippen LogP contribution is -2.08. The number of hydrogen-bond acceptors (Lipinski definition) is 4. The summed E-state index contributed by atoms with van der Waals surface area (Å²) in [5.74, 6) is -0.617. The van der Waals surface area contributed by atoms with Gasteiger partial charge in [-0.15, -0.1) is 0 Å². The first kappa shape index (κ1) is 15.2. The lowest BCUT2D eigenvalue weighted by atomic mass is 10.2. The monoisotopic (exact) mass is 309 g/mol. The van der Waals surface area contributed by atoms with Crippen LogP contribution in [0.4, 0.5) is 5.69 Å². The highest BCUT2D eigenvalue weighted by Crippen LogP contribution is 2.26. The Balaban J connectivity index is 2.19. The third-order valence-corrected chi connectivity index (χ3v) is 3.57. The number of nitrogens with two attached hydrogens (primary N) is 1. The van der Waals surface area contributed by atoms with Gasteiger partial charge in [0.2, 0.25) is 0 Å². The van der Waals surface area contributed by atoms with Gasteiger partial charge in [0.1, 0.15) is 12.4 Å². The van der Waals surface area contributed by atoms with E-state index in [0.29, 0.717) is 17.3 Å². The van der Waals surface area contributed by atoms with Crippen LogP contribution in [0.3, 0.4) is 0 Å². The highest BCUT2D eigenvalue weighted by Gasteiger charge is 2.14. The van der Waals surface area contributed by atoms with Crippen LogP contribution in [0.5, 0.6) is 5.75 Å². The van der Waals surface area contributed by atoms with Gasteiger partial charge >= 0.3 is 5.97 Å². The van der Waals surface area contributed by atoms with Crippen molar-refractivity contribution in [1.82, 2.24) is 9.78 Å². The van der Waals surface area contributed by atoms with Crippen molar-refractivity contribution in [2.75, 3.05) is 5.73 Å². The van der Waals surface area contributed by atoms with Crippen molar-refractivity contribution in [1.29, 1.82) is 0 Å². The summed E-state index contributed by atoms with van der Waals surface area (Å²) in [6.07, 6.45) is 0. The van der Waals surface area contributed by atoms with E-state index >= 15 is 0 Å². The third kappa shape index (κ3) is 3.11. The number of aromatic nitrogens is 2. The molecule has 0 aliphatic heterocycles. The van der Waals surface area contributed by atoms with E-state index in [4.69, 9.17) is 27.2 Å². The van der Waals surface area contributed by atoms with Crippen LogP contribution in [-0.2, 0) is 13.2 Å². The Bertz CT molecular complexity index is 682. The van der Waals surface area contributed by atoms with Gasteiger partial charge in [0.25, 0.3) is 0 Å². The fraction of sp³-hybridized carbons (Fsp3) is 0.286. The van der Waals surface area contributed by atoms with E-state index in [-0.39, 0.29) is 17.9 Å². The van der Waals surface area contributed by atoms with Crippen LogP contribution in [0.2, 0.25) is 5.02 Å². The summed E-state index contributed by atoms with van der Waals surface area (Å²) in [6, 6.07) is 4.34. The van der Waals surface area contributed by atoms with E-state index in [1.54, 1.807) is 4.68 Å². The second kappa shape index (κ2) is 6.05. The van der Waals surface area contributed by atoms with E-state index in [2.05, 4.69) is 5.10 Å². The van der Waals surface area contributed by atoms with Crippen molar-refractivity contribution >= 4 is 23.3 Å². The molecule has 0 aliphatic rings. The molecule has 0 amide bonds. The maximum Gasteiger partial charge on any atom is 0.335 e. The van der Waals surface area contributed by atoms with Crippen LogP contribution >= 0.6 is 11.6 Å². The van der Waals surface area contributed by atoms with E-state index < -0.39 is 5.97 Å². The minimum Gasteiger partial charge on any atom is -0.485 e. The Morgan fingerprint density at radius 3 is 2.81 bits per heavy atom. The van der Waals surface area contributed by atoms with Gasteiger partial charge in [0.05, 0.1) is 27.7 Å². The summed E-state index contributed by atoms with van der Waals surface area (Å²) in [5.41, 5.74) is 7.68. The molecule has 7 heteroatoms. The van der Waals surface area contributed by atoms with Gasteiger partial charge in [-0.05, 0) is 32.0 Å². The number of ether oxygens (including phenoxy) is 1. The summed E-state index contributed by atoms with van der Waals surface area (Å²) >= 11 is 6.19. The Kier molecular flexibility index (Phi) is 4.37. The van der Waals surface area contributed by atoms with E-state index in [0.717, 1.165) is 11.4 Å². The fourth-order valence-electron chi connectivity index (χ4n) is 1.97. The Morgan fingerprint density at radius 2 is 2.24 bits per heavy atom. The first-order valence-electron chi connectivity index (χ1n) is 6.41. The topological polar surface area (TPSA) is 90.4 Å². The second-order valence-electron chi connectivity index (χ2n) is 4.51. The highest BCUT2D eigenvalue weighted by molar-refractivity contribution is 6.31. The lowest BCUT2D eigenvalue weighted by Gasteiger charge is -2.11. The maximum absolute atomic E-state index is 10.8.